The van der Waals surface area contributed by atoms with Gasteiger partial charge in [0, 0.05) is 21.5 Å². The molecule has 1 aliphatic rings. The summed E-state index contributed by atoms with van der Waals surface area (Å²) in [6, 6.07) is 8.35. The van der Waals surface area contributed by atoms with Gasteiger partial charge < -0.3 is 0 Å². The van der Waals surface area contributed by atoms with Crippen LogP contribution in [0.2, 0.25) is 0 Å². The van der Waals surface area contributed by atoms with Crippen LogP contribution >= 0.6 is 27.3 Å². The molecule has 3 nitrogen and oxygen atoms in total. The molecule has 0 radical (unpaired) electrons. The van der Waals surface area contributed by atoms with Gasteiger partial charge in [-0.25, -0.2) is 0 Å². The fourth-order valence-corrected chi connectivity index (χ4v) is 4.91. The van der Waals surface area contributed by atoms with Crippen molar-refractivity contribution in [3.63, 3.8) is 0 Å². The van der Waals surface area contributed by atoms with Crippen molar-refractivity contribution in [2.24, 2.45) is 4.99 Å². The van der Waals surface area contributed by atoms with E-state index < -0.39 is 0 Å². The number of nitrogens with zero attached hydrogens (tertiary/aromatic N) is 2. The highest BCUT2D eigenvalue weighted by molar-refractivity contribution is 9.08. The molecule has 2 heterocycles. The number of halogens is 1. The molecule has 1 aromatic carbocycles. The van der Waals surface area contributed by atoms with E-state index in [0.717, 1.165) is 27.2 Å². The average Bonchev–Trinajstić information content (AvgIpc) is 2.82. The normalized spacial score (nSPS) is 14.5. The molecular formula is C18H19BrN2OS. The predicted molar refractivity (Wildman–Crippen MR) is 101 cm³/mol. The van der Waals surface area contributed by atoms with E-state index in [1.807, 2.05) is 11.8 Å². The summed E-state index contributed by atoms with van der Waals surface area (Å²) in [6.45, 7) is 7.00. The largest absolute Gasteiger partial charge is 0.297 e. The van der Waals surface area contributed by atoms with E-state index in [9.17, 15) is 4.79 Å². The molecule has 0 N–H and O–H groups in total. The van der Waals surface area contributed by atoms with E-state index >= 15 is 0 Å². The third-order valence-electron chi connectivity index (χ3n) is 4.14. The van der Waals surface area contributed by atoms with Crippen LogP contribution in [0.25, 0.3) is 0 Å². The lowest BCUT2D eigenvalue weighted by Crippen LogP contribution is -2.31. The molecule has 0 saturated carbocycles. The SMILES string of the molecule is CC1=NCC(=O)N(Cc2ccc(C)cc2)c2sc(C)c(CBr)c21. The van der Waals surface area contributed by atoms with Crippen LogP contribution in [-0.4, -0.2) is 18.2 Å². The average molecular weight is 391 g/mol. The fraction of sp³-hybridized carbons (Fsp3) is 0.333. The summed E-state index contributed by atoms with van der Waals surface area (Å²) in [5.74, 6) is 0.0612. The summed E-state index contributed by atoms with van der Waals surface area (Å²) in [7, 11) is 0. The fourth-order valence-electron chi connectivity index (χ4n) is 2.79. The van der Waals surface area contributed by atoms with E-state index in [2.05, 4.69) is 59.0 Å². The molecule has 0 aliphatic carbocycles. The van der Waals surface area contributed by atoms with Gasteiger partial charge in [0.1, 0.15) is 11.5 Å². The Morgan fingerprint density at radius 1 is 1.22 bits per heavy atom. The Bertz CT molecular complexity index is 777. The van der Waals surface area contributed by atoms with Crippen molar-refractivity contribution in [2.45, 2.75) is 32.6 Å². The number of hydrogen-bond acceptors (Lipinski definition) is 3. The zero-order valence-corrected chi connectivity index (χ0v) is 15.9. The summed E-state index contributed by atoms with van der Waals surface area (Å²) >= 11 is 5.26. The Labute approximate surface area is 149 Å². The Hall–Kier alpha value is -1.46. The number of amides is 1. The highest BCUT2D eigenvalue weighted by Gasteiger charge is 2.28. The van der Waals surface area contributed by atoms with Crippen LogP contribution in [-0.2, 0) is 16.7 Å². The summed E-state index contributed by atoms with van der Waals surface area (Å²) in [4.78, 5) is 20.2. The Morgan fingerprint density at radius 3 is 2.57 bits per heavy atom. The van der Waals surface area contributed by atoms with Gasteiger partial charge >= 0.3 is 0 Å². The van der Waals surface area contributed by atoms with E-state index in [-0.39, 0.29) is 12.5 Å². The zero-order chi connectivity index (χ0) is 16.6. The molecule has 0 fully saturated rings. The molecule has 1 aromatic heterocycles. The van der Waals surface area contributed by atoms with Crippen molar-refractivity contribution in [3.05, 3.63) is 51.4 Å². The second kappa shape index (κ2) is 6.57. The number of carbonyl (C=O) groups excluding carboxylic acids is 1. The van der Waals surface area contributed by atoms with Gasteiger partial charge in [0.05, 0.1) is 6.54 Å². The van der Waals surface area contributed by atoms with Crippen LogP contribution in [0.15, 0.2) is 29.3 Å². The number of thiophene rings is 1. The maximum Gasteiger partial charge on any atom is 0.249 e. The Morgan fingerprint density at radius 2 is 1.91 bits per heavy atom. The molecule has 0 saturated heterocycles. The summed E-state index contributed by atoms with van der Waals surface area (Å²) in [5, 5.41) is 1.81. The molecule has 0 spiro atoms. The number of rotatable bonds is 3. The zero-order valence-electron chi connectivity index (χ0n) is 13.5. The summed E-state index contributed by atoms with van der Waals surface area (Å²) < 4.78 is 0. The number of hydrogen-bond donors (Lipinski definition) is 0. The summed E-state index contributed by atoms with van der Waals surface area (Å²) in [6.07, 6.45) is 0. The predicted octanol–water partition coefficient (Wildman–Crippen LogP) is 4.62. The number of fused-ring (bicyclic) bond motifs is 1. The monoisotopic (exact) mass is 390 g/mol. The van der Waals surface area contributed by atoms with Crippen molar-refractivity contribution in [2.75, 3.05) is 11.4 Å². The molecule has 5 heteroatoms. The molecular weight excluding hydrogens is 372 g/mol. The number of aryl methyl sites for hydroxylation is 2. The van der Waals surface area contributed by atoms with Gasteiger partial charge in [-0.05, 0) is 31.9 Å². The number of benzene rings is 1. The number of alkyl halides is 1. The van der Waals surface area contributed by atoms with Gasteiger partial charge in [0.15, 0.2) is 0 Å². The molecule has 0 unspecified atom stereocenters. The minimum Gasteiger partial charge on any atom is -0.297 e. The van der Waals surface area contributed by atoms with Crippen LogP contribution in [0, 0.1) is 13.8 Å². The topological polar surface area (TPSA) is 32.7 Å². The highest BCUT2D eigenvalue weighted by Crippen LogP contribution is 2.39. The van der Waals surface area contributed by atoms with Crippen LogP contribution in [0.5, 0.6) is 0 Å². The van der Waals surface area contributed by atoms with Crippen molar-refractivity contribution in [1.29, 1.82) is 0 Å². The first kappa shape index (κ1) is 16.4. The summed E-state index contributed by atoms with van der Waals surface area (Å²) in [5.41, 5.74) is 5.70. The standard InChI is InChI=1S/C18H19BrN2OS/c1-11-4-6-14(7-5-11)10-21-16(22)9-20-12(2)17-15(8-19)13(3)23-18(17)21/h4-7H,8-10H2,1-3H3. The van der Waals surface area contributed by atoms with E-state index in [0.29, 0.717) is 6.54 Å². The minimum absolute atomic E-state index is 0.0612. The van der Waals surface area contributed by atoms with Gasteiger partial charge in [-0.3, -0.25) is 14.7 Å². The molecule has 1 aliphatic heterocycles. The van der Waals surface area contributed by atoms with Crippen molar-refractivity contribution in [3.8, 4) is 0 Å². The molecule has 3 rings (SSSR count). The molecule has 120 valence electrons. The first-order valence-corrected chi connectivity index (χ1v) is 9.50. The molecule has 1 amide bonds. The lowest BCUT2D eigenvalue weighted by molar-refractivity contribution is -0.117. The Balaban J connectivity index is 2.05. The third kappa shape index (κ3) is 3.12. The van der Waals surface area contributed by atoms with E-state index in [4.69, 9.17) is 0 Å². The van der Waals surface area contributed by atoms with Gasteiger partial charge in [0.25, 0.3) is 0 Å². The second-order valence-electron chi connectivity index (χ2n) is 5.82. The molecule has 0 bridgehead atoms. The van der Waals surface area contributed by atoms with Crippen LogP contribution < -0.4 is 4.90 Å². The van der Waals surface area contributed by atoms with Crippen molar-refractivity contribution in [1.82, 2.24) is 0 Å². The first-order valence-electron chi connectivity index (χ1n) is 7.56. The maximum atomic E-state index is 12.6. The highest BCUT2D eigenvalue weighted by atomic mass is 79.9. The van der Waals surface area contributed by atoms with Gasteiger partial charge in [-0.2, -0.15) is 0 Å². The number of carbonyl (C=O) groups is 1. The lowest BCUT2D eigenvalue weighted by atomic mass is 10.1. The van der Waals surface area contributed by atoms with E-state index in [1.165, 1.54) is 16.0 Å². The molecule has 0 atom stereocenters. The van der Waals surface area contributed by atoms with Gasteiger partial charge in [0.2, 0.25) is 5.91 Å². The van der Waals surface area contributed by atoms with E-state index in [1.54, 1.807) is 11.3 Å². The maximum absolute atomic E-state index is 12.6. The van der Waals surface area contributed by atoms with Crippen LogP contribution in [0.3, 0.4) is 0 Å². The molecule has 23 heavy (non-hydrogen) atoms. The third-order valence-corrected chi connectivity index (χ3v) is 5.88. The molecule has 2 aromatic rings. The van der Waals surface area contributed by atoms with Crippen molar-refractivity contribution < 1.29 is 4.79 Å². The number of aliphatic imine (C=N–C) groups is 1. The van der Waals surface area contributed by atoms with Gasteiger partial charge in [-0.1, -0.05) is 45.8 Å². The van der Waals surface area contributed by atoms with Crippen LogP contribution in [0.1, 0.15) is 34.1 Å². The quantitative estimate of drug-likeness (QED) is 0.703. The number of anilines is 1. The van der Waals surface area contributed by atoms with Crippen molar-refractivity contribution >= 4 is 43.9 Å². The smallest absolute Gasteiger partial charge is 0.249 e. The minimum atomic E-state index is 0.0612. The second-order valence-corrected chi connectivity index (χ2v) is 7.58. The van der Waals surface area contributed by atoms with Gasteiger partial charge in [-0.15, -0.1) is 11.3 Å². The van der Waals surface area contributed by atoms with Crippen LogP contribution in [0.4, 0.5) is 5.00 Å². The lowest BCUT2D eigenvalue weighted by Gasteiger charge is -2.20. The Kier molecular flexibility index (Phi) is 4.69. The first-order chi connectivity index (χ1) is 11.0.